The highest BCUT2D eigenvalue weighted by atomic mass is 16.5. The number of hydrogen-bond donors (Lipinski definition) is 2. The van der Waals surface area contributed by atoms with Crippen molar-refractivity contribution in [3.63, 3.8) is 0 Å². The number of ether oxygens (including phenoxy) is 1. The lowest BCUT2D eigenvalue weighted by Crippen LogP contribution is -2.39. The molecule has 0 amide bonds. The molecular formula is C15H17NO3. The standard InChI is InChI=1S/C15H17NO3/c1-15(2,14(17)18)16-12-6-4-11-9-13(19-3)7-5-10(11)8-12/h4-9,16H,1-3H3,(H,17,18). The van der Waals surface area contributed by atoms with Gasteiger partial charge in [0, 0.05) is 5.69 Å². The lowest BCUT2D eigenvalue weighted by Gasteiger charge is -2.22. The van der Waals surface area contributed by atoms with E-state index in [1.54, 1.807) is 21.0 Å². The van der Waals surface area contributed by atoms with Crippen molar-refractivity contribution >= 4 is 22.4 Å². The normalized spacial score (nSPS) is 11.3. The van der Waals surface area contributed by atoms with Crippen LogP contribution in [0.2, 0.25) is 0 Å². The number of nitrogens with one attached hydrogen (secondary N) is 1. The van der Waals surface area contributed by atoms with Crippen LogP contribution in [0.5, 0.6) is 5.75 Å². The fraction of sp³-hybridized carbons (Fsp3) is 0.267. The summed E-state index contributed by atoms with van der Waals surface area (Å²) in [5, 5.41) is 14.2. The maximum absolute atomic E-state index is 11.1. The minimum atomic E-state index is -1.000. The number of anilines is 1. The molecule has 0 saturated heterocycles. The van der Waals surface area contributed by atoms with Gasteiger partial charge in [0.25, 0.3) is 0 Å². The second kappa shape index (κ2) is 4.80. The first-order valence-corrected chi connectivity index (χ1v) is 6.02. The van der Waals surface area contributed by atoms with Crippen molar-refractivity contribution in [2.45, 2.75) is 19.4 Å². The zero-order valence-corrected chi connectivity index (χ0v) is 11.2. The maximum Gasteiger partial charge on any atom is 0.328 e. The summed E-state index contributed by atoms with van der Waals surface area (Å²) in [7, 11) is 1.63. The first-order chi connectivity index (χ1) is 8.92. The third-order valence-corrected chi connectivity index (χ3v) is 3.04. The van der Waals surface area contributed by atoms with Crippen LogP contribution >= 0.6 is 0 Å². The Hall–Kier alpha value is -2.23. The summed E-state index contributed by atoms with van der Waals surface area (Å²) < 4.78 is 5.17. The molecule has 0 aliphatic carbocycles. The number of benzene rings is 2. The number of carbonyl (C=O) groups is 1. The second-order valence-corrected chi connectivity index (χ2v) is 4.98. The Labute approximate surface area is 112 Å². The molecule has 0 spiro atoms. The molecule has 2 rings (SSSR count). The van der Waals surface area contributed by atoms with Gasteiger partial charge < -0.3 is 15.2 Å². The average molecular weight is 259 g/mol. The van der Waals surface area contributed by atoms with Gasteiger partial charge in [0.2, 0.25) is 0 Å². The molecule has 0 fully saturated rings. The van der Waals surface area contributed by atoms with Crippen molar-refractivity contribution in [1.82, 2.24) is 0 Å². The van der Waals surface area contributed by atoms with Crippen LogP contribution in [-0.4, -0.2) is 23.7 Å². The molecule has 0 atom stereocenters. The number of carboxylic acid groups (broad SMARTS) is 1. The van der Waals surface area contributed by atoms with Crippen LogP contribution in [0.3, 0.4) is 0 Å². The topological polar surface area (TPSA) is 58.6 Å². The lowest BCUT2D eigenvalue weighted by molar-refractivity contribution is -0.141. The number of carboxylic acids is 1. The fourth-order valence-electron chi connectivity index (χ4n) is 1.84. The molecule has 0 heterocycles. The van der Waals surface area contributed by atoms with Crippen molar-refractivity contribution in [2.24, 2.45) is 0 Å². The molecule has 0 aliphatic heterocycles. The predicted octanol–water partition coefficient (Wildman–Crippen LogP) is 3.12. The van der Waals surface area contributed by atoms with E-state index in [1.165, 1.54) is 0 Å². The van der Waals surface area contributed by atoms with Crippen molar-refractivity contribution in [3.8, 4) is 5.75 Å². The van der Waals surface area contributed by atoms with Crippen LogP contribution < -0.4 is 10.1 Å². The molecule has 2 N–H and O–H groups in total. The highest BCUT2D eigenvalue weighted by Gasteiger charge is 2.26. The monoisotopic (exact) mass is 259 g/mol. The van der Waals surface area contributed by atoms with Gasteiger partial charge in [-0.05, 0) is 48.9 Å². The van der Waals surface area contributed by atoms with E-state index in [2.05, 4.69) is 5.32 Å². The zero-order chi connectivity index (χ0) is 14.0. The van der Waals surface area contributed by atoms with E-state index in [4.69, 9.17) is 9.84 Å². The molecule has 2 aromatic rings. The van der Waals surface area contributed by atoms with Gasteiger partial charge in [0.05, 0.1) is 7.11 Å². The van der Waals surface area contributed by atoms with E-state index in [0.717, 1.165) is 22.2 Å². The molecule has 0 aliphatic rings. The van der Waals surface area contributed by atoms with Crippen LogP contribution in [0.15, 0.2) is 36.4 Å². The number of fused-ring (bicyclic) bond motifs is 1. The Balaban J connectivity index is 2.35. The van der Waals surface area contributed by atoms with Crippen LogP contribution in [0, 0.1) is 0 Å². The van der Waals surface area contributed by atoms with Gasteiger partial charge in [-0.2, -0.15) is 0 Å². The molecule has 19 heavy (non-hydrogen) atoms. The summed E-state index contributed by atoms with van der Waals surface area (Å²) >= 11 is 0. The van der Waals surface area contributed by atoms with Gasteiger partial charge in [-0.15, -0.1) is 0 Å². The number of methoxy groups -OCH3 is 1. The lowest BCUT2D eigenvalue weighted by atomic mass is 10.0. The largest absolute Gasteiger partial charge is 0.497 e. The van der Waals surface area contributed by atoms with Crippen molar-refractivity contribution in [3.05, 3.63) is 36.4 Å². The summed E-state index contributed by atoms with van der Waals surface area (Å²) in [5.41, 5.74) is -0.217. The minimum Gasteiger partial charge on any atom is -0.497 e. The molecule has 4 heteroatoms. The molecule has 4 nitrogen and oxygen atoms in total. The smallest absolute Gasteiger partial charge is 0.328 e. The average Bonchev–Trinajstić information content (AvgIpc) is 2.37. The van der Waals surface area contributed by atoms with Gasteiger partial charge in [0.1, 0.15) is 11.3 Å². The summed E-state index contributed by atoms with van der Waals surface area (Å²) in [5.74, 6) is -0.0820. The third-order valence-electron chi connectivity index (χ3n) is 3.04. The first kappa shape index (κ1) is 13.2. The number of hydrogen-bond acceptors (Lipinski definition) is 3. The van der Waals surface area contributed by atoms with Gasteiger partial charge in [-0.25, -0.2) is 4.79 Å². The molecule has 0 saturated carbocycles. The molecule has 2 aromatic carbocycles. The maximum atomic E-state index is 11.1. The Morgan fingerprint density at radius 1 is 1.16 bits per heavy atom. The molecular weight excluding hydrogens is 242 g/mol. The van der Waals surface area contributed by atoms with Crippen molar-refractivity contribution in [1.29, 1.82) is 0 Å². The van der Waals surface area contributed by atoms with Gasteiger partial charge in [0.15, 0.2) is 0 Å². The van der Waals surface area contributed by atoms with E-state index in [-0.39, 0.29) is 0 Å². The molecule has 0 unspecified atom stereocenters. The molecule has 0 radical (unpaired) electrons. The van der Waals surface area contributed by atoms with Crippen LogP contribution in [0.1, 0.15) is 13.8 Å². The van der Waals surface area contributed by atoms with Gasteiger partial charge >= 0.3 is 5.97 Å². The predicted molar refractivity (Wildman–Crippen MR) is 75.8 cm³/mol. The highest BCUT2D eigenvalue weighted by Crippen LogP contribution is 2.25. The minimum absolute atomic E-state index is 0.782. The summed E-state index contributed by atoms with van der Waals surface area (Å²) in [6, 6.07) is 11.5. The third kappa shape index (κ3) is 2.78. The number of aliphatic carboxylic acids is 1. The summed E-state index contributed by atoms with van der Waals surface area (Å²) in [6.07, 6.45) is 0. The van der Waals surface area contributed by atoms with E-state index >= 15 is 0 Å². The van der Waals surface area contributed by atoms with Crippen LogP contribution in [0.25, 0.3) is 10.8 Å². The zero-order valence-electron chi connectivity index (χ0n) is 11.2. The Morgan fingerprint density at radius 3 is 2.42 bits per heavy atom. The number of rotatable bonds is 4. The van der Waals surface area contributed by atoms with E-state index in [1.807, 2.05) is 36.4 Å². The summed E-state index contributed by atoms with van der Waals surface area (Å²) in [6.45, 7) is 3.26. The summed E-state index contributed by atoms with van der Waals surface area (Å²) in [4.78, 5) is 11.1. The van der Waals surface area contributed by atoms with Crippen molar-refractivity contribution in [2.75, 3.05) is 12.4 Å². The second-order valence-electron chi connectivity index (χ2n) is 4.98. The first-order valence-electron chi connectivity index (χ1n) is 6.02. The Bertz CT molecular complexity index is 620. The van der Waals surface area contributed by atoms with E-state index in [0.29, 0.717) is 0 Å². The SMILES string of the molecule is COc1ccc2cc(NC(C)(C)C(=O)O)ccc2c1. The quantitative estimate of drug-likeness (QED) is 0.885. The Morgan fingerprint density at radius 2 is 1.79 bits per heavy atom. The van der Waals surface area contributed by atoms with Crippen molar-refractivity contribution < 1.29 is 14.6 Å². The Kier molecular flexibility index (Phi) is 3.34. The molecule has 0 bridgehead atoms. The van der Waals surface area contributed by atoms with Gasteiger partial charge in [-0.3, -0.25) is 0 Å². The van der Waals surface area contributed by atoms with Crippen LogP contribution in [0.4, 0.5) is 5.69 Å². The highest BCUT2D eigenvalue weighted by molar-refractivity contribution is 5.88. The van der Waals surface area contributed by atoms with E-state index < -0.39 is 11.5 Å². The van der Waals surface area contributed by atoms with E-state index in [9.17, 15) is 4.79 Å². The fourth-order valence-corrected chi connectivity index (χ4v) is 1.84. The molecule has 100 valence electrons. The molecule has 0 aromatic heterocycles. The van der Waals surface area contributed by atoms with Crippen LogP contribution in [-0.2, 0) is 4.79 Å². The van der Waals surface area contributed by atoms with Gasteiger partial charge in [-0.1, -0.05) is 12.1 Å².